The Bertz CT molecular complexity index is 170. The first-order valence-corrected chi connectivity index (χ1v) is 3.40. The minimum atomic E-state index is -5.19. The van der Waals surface area contributed by atoms with Gasteiger partial charge in [0.25, 0.3) is 0 Å². The van der Waals surface area contributed by atoms with Gasteiger partial charge in [0.2, 0.25) is 0 Å². The zero-order chi connectivity index (χ0) is 10.9. The maximum absolute atomic E-state index is 11.9. The van der Waals surface area contributed by atoms with Gasteiger partial charge >= 0.3 is 17.1 Å². The van der Waals surface area contributed by atoms with Crippen LogP contribution in [0, 0.1) is 0 Å². The van der Waals surface area contributed by atoms with Crippen LogP contribution in [0.25, 0.3) is 0 Å². The monoisotopic (exact) mass is 278 g/mol. The number of halogens is 8. The highest BCUT2D eigenvalue weighted by molar-refractivity contribution is 9.10. The van der Waals surface area contributed by atoms with E-state index in [9.17, 15) is 30.7 Å². The molecule has 0 N–H and O–H groups in total. The lowest BCUT2D eigenvalue weighted by atomic mass is 10.6. The van der Waals surface area contributed by atoms with Gasteiger partial charge in [0.1, 0.15) is 6.61 Å². The molecule has 80 valence electrons. The molecule has 0 aromatic rings. The standard InChI is InChI=1S/C4H2BrF7O/c5-3(9,10)4(11,12)13-1-2(6,7)8/h1H2. The lowest BCUT2D eigenvalue weighted by Gasteiger charge is -2.21. The van der Waals surface area contributed by atoms with Gasteiger partial charge in [0.05, 0.1) is 0 Å². The fraction of sp³-hybridized carbons (Fsp3) is 1.00. The van der Waals surface area contributed by atoms with Crippen molar-refractivity contribution in [2.45, 2.75) is 17.1 Å². The molecule has 0 aliphatic heterocycles. The molecular formula is C4H2BrF7O. The number of hydrogen-bond donors (Lipinski definition) is 0. The van der Waals surface area contributed by atoms with Crippen molar-refractivity contribution in [3.8, 4) is 0 Å². The van der Waals surface area contributed by atoms with Crippen LogP contribution in [0.1, 0.15) is 0 Å². The van der Waals surface area contributed by atoms with Crippen LogP contribution < -0.4 is 0 Å². The molecule has 0 aromatic heterocycles. The van der Waals surface area contributed by atoms with Crippen molar-refractivity contribution in [1.82, 2.24) is 0 Å². The Hall–Kier alpha value is -0.0500. The summed E-state index contributed by atoms with van der Waals surface area (Å²) in [5.41, 5.74) is 0. The molecule has 0 unspecified atom stereocenters. The molecule has 0 spiro atoms. The Balaban J connectivity index is 4.21. The normalized spacial score (nSPS) is 14.8. The van der Waals surface area contributed by atoms with E-state index in [-0.39, 0.29) is 0 Å². The maximum Gasteiger partial charge on any atom is 0.430 e. The molecule has 0 heterocycles. The molecule has 1 nitrogen and oxygen atoms in total. The van der Waals surface area contributed by atoms with Crippen molar-refractivity contribution >= 4 is 15.9 Å². The van der Waals surface area contributed by atoms with Gasteiger partial charge in [-0.05, 0) is 0 Å². The van der Waals surface area contributed by atoms with Gasteiger partial charge in [0.15, 0.2) is 0 Å². The molecule has 13 heavy (non-hydrogen) atoms. The van der Waals surface area contributed by atoms with Gasteiger partial charge in [-0.1, -0.05) is 0 Å². The van der Waals surface area contributed by atoms with Crippen molar-refractivity contribution in [2.24, 2.45) is 0 Å². The number of hydrogen-bond acceptors (Lipinski definition) is 1. The molecule has 0 fully saturated rings. The van der Waals surface area contributed by atoms with Crippen LogP contribution >= 0.6 is 15.9 Å². The predicted octanol–water partition coefficient (Wildman–Crippen LogP) is 3.15. The summed E-state index contributed by atoms with van der Waals surface area (Å²) in [5, 5.41) is 0. The van der Waals surface area contributed by atoms with Crippen LogP contribution in [0.2, 0.25) is 0 Å². The van der Waals surface area contributed by atoms with Crippen LogP contribution in [0.5, 0.6) is 0 Å². The van der Waals surface area contributed by atoms with Crippen molar-refractivity contribution in [3.05, 3.63) is 0 Å². The van der Waals surface area contributed by atoms with Crippen molar-refractivity contribution < 1.29 is 35.5 Å². The Morgan fingerprint density at radius 1 is 0.923 bits per heavy atom. The van der Waals surface area contributed by atoms with Crippen LogP contribution in [0.4, 0.5) is 30.7 Å². The van der Waals surface area contributed by atoms with E-state index in [1.807, 2.05) is 0 Å². The van der Waals surface area contributed by atoms with E-state index in [0.29, 0.717) is 0 Å². The molecule has 9 heteroatoms. The van der Waals surface area contributed by atoms with Crippen LogP contribution in [0.3, 0.4) is 0 Å². The number of ether oxygens (including phenoxy) is 1. The van der Waals surface area contributed by atoms with Gasteiger partial charge < -0.3 is 4.74 Å². The lowest BCUT2D eigenvalue weighted by Crippen LogP contribution is -2.40. The zero-order valence-corrected chi connectivity index (χ0v) is 7.23. The molecule has 0 radical (unpaired) electrons. The molecule has 0 saturated carbocycles. The van der Waals surface area contributed by atoms with Crippen LogP contribution in [-0.4, -0.2) is 23.7 Å². The highest BCUT2D eigenvalue weighted by atomic mass is 79.9. The molecule has 0 amide bonds. The number of alkyl halides is 8. The van der Waals surface area contributed by atoms with E-state index in [2.05, 4.69) is 4.74 Å². The molecule has 0 saturated heterocycles. The largest absolute Gasteiger partial charge is 0.430 e. The Morgan fingerprint density at radius 3 is 1.54 bits per heavy atom. The van der Waals surface area contributed by atoms with Crippen molar-refractivity contribution in [3.63, 3.8) is 0 Å². The topological polar surface area (TPSA) is 9.23 Å². The molecule has 0 aromatic carbocycles. The fourth-order valence-electron chi connectivity index (χ4n) is 0.254. The van der Waals surface area contributed by atoms with E-state index in [1.165, 1.54) is 15.9 Å². The van der Waals surface area contributed by atoms with Crippen LogP contribution in [0.15, 0.2) is 0 Å². The zero-order valence-electron chi connectivity index (χ0n) is 5.64. The summed E-state index contributed by atoms with van der Waals surface area (Å²) in [6.07, 6.45) is -10.3. The second-order valence-corrected chi connectivity index (χ2v) is 2.91. The summed E-state index contributed by atoms with van der Waals surface area (Å²) in [5.74, 6) is 0. The molecule has 0 aliphatic carbocycles. The van der Waals surface area contributed by atoms with Crippen LogP contribution in [-0.2, 0) is 4.74 Å². The average Bonchev–Trinajstić information content (AvgIpc) is 1.79. The minimum Gasteiger partial charge on any atom is -0.305 e. The first kappa shape index (κ1) is 12.9. The number of rotatable bonds is 3. The van der Waals surface area contributed by atoms with E-state index in [4.69, 9.17) is 0 Å². The average molecular weight is 279 g/mol. The quantitative estimate of drug-likeness (QED) is 0.569. The maximum atomic E-state index is 11.9. The molecule has 0 atom stereocenters. The molecule has 0 bridgehead atoms. The van der Waals surface area contributed by atoms with Gasteiger partial charge in [0, 0.05) is 15.9 Å². The van der Waals surface area contributed by atoms with E-state index < -0.39 is 23.7 Å². The summed E-state index contributed by atoms with van der Waals surface area (Å²) < 4.78 is 83.9. The molecule has 0 aliphatic rings. The summed E-state index contributed by atoms with van der Waals surface area (Å²) in [4.78, 5) is -4.83. The molecular weight excluding hydrogens is 277 g/mol. The second kappa shape index (κ2) is 3.60. The third kappa shape index (κ3) is 4.65. The van der Waals surface area contributed by atoms with Crippen molar-refractivity contribution in [1.29, 1.82) is 0 Å². The first-order chi connectivity index (χ1) is 5.46. The van der Waals surface area contributed by atoms with E-state index in [1.54, 1.807) is 0 Å². The van der Waals surface area contributed by atoms with Gasteiger partial charge in [-0.3, -0.25) is 0 Å². The molecule has 0 rings (SSSR count). The summed E-state index contributed by atoms with van der Waals surface area (Å²) in [6.45, 7) is -2.44. The van der Waals surface area contributed by atoms with Gasteiger partial charge in [-0.15, -0.1) is 0 Å². The summed E-state index contributed by atoms with van der Waals surface area (Å²) in [6, 6.07) is 0. The Kier molecular flexibility index (Phi) is 3.59. The third-order valence-corrected chi connectivity index (χ3v) is 1.21. The highest BCUT2D eigenvalue weighted by Crippen LogP contribution is 2.40. The summed E-state index contributed by atoms with van der Waals surface area (Å²) >= 11 is 1.19. The van der Waals surface area contributed by atoms with E-state index >= 15 is 0 Å². The summed E-state index contributed by atoms with van der Waals surface area (Å²) in [7, 11) is 0. The fourth-order valence-corrected chi connectivity index (χ4v) is 0.369. The van der Waals surface area contributed by atoms with Gasteiger partial charge in [-0.2, -0.15) is 30.7 Å². The smallest absolute Gasteiger partial charge is 0.305 e. The first-order valence-electron chi connectivity index (χ1n) is 2.61. The Labute approximate surface area is 76.0 Å². The predicted molar refractivity (Wildman–Crippen MR) is 30.8 cm³/mol. The second-order valence-electron chi connectivity index (χ2n) is 1.92. The minimum absolute atomic E-state index is 1.19. The Morgan fingerprint density at radius 2 is 1.31 bits per heavy atom. The highest BCUT2D eigenvalue weighted by Gasteiger charge is 2.57. The third-order valence-electron chi connectivity index (χ3n) is 0.747. The van der Waals surface area contributed by atoms with Gasteiger partial charge in [-0.25, -0.2) is 0 Å². The van der Waals surface area contributed by atoms with E-state index in [0.717, 1.165) is 0 Å². The van der Waals surface area contributed by atoms with Crippen molar-refractivity contribution in [2.75, 3.05) is 6.61 Å². The SMILES string of the molecule is FC(F)(F)COC(F)(F)C(F)(F)Br. The lowest BCUT2D eigenvalue weighted by molar-refractivity contribution is -0.339.